The molecule has 68 valence electrons. The molecule has 12 heavy (non-hydrogen) atoms. The molecule has 1 rings (SSSR count). The number of rotatable bonds is 2. The van der Waals surface area contributed by atoms with Crippen LogP contribution in [-0.2, 0) is 5.60 Å². The van der Waals surface area contributed by atoms with Gasteiger partial charge >= 0.3 is 0 Å². The Kier molecular flexibility index (Phi) is 2.97. The zero-order valence-electron chi connectivity index (χ0n) is 7.47. The van der Waals surface area contributed by atoms with Crippen molar-refractivity contribution in [2.24, 2.45) is 5.92 Å². The maximum Gasteiger partial charge on any atom is 0.0910 e. The first-order valence-electron chi connectivity index (χ1n) is 3.90. The van der Waals surface area contributed by atoms with E-state index >= 15 is 0 Å². The van der Waals surface area contributed by atoms with Crippen molar-refractivity contribution in [1.82, 2.24) is 0 Å². The molecule has 0 saturated heterocycles. The second kappa shape index (κ2) is 3.48. The van der Waals surface area contributed by atoms with E-state index in [1.807, 2.05) is 31.5 Å². The Morgan fingerprint density at radius 1 is 1.50 bits per heavy atom. The van der Waals surface area contributed by atoms with Gasteiger partial charge < -0.3 is 5.11 Å². The van der Waals surface area contributed by atoms with Gasteiger partial charge in [-0.3, -0.25) is 0 Å². The lowest BCUT2D eigenvalue weighted by atomic mass is 9.87. The highest BCUT2D eigenvalue weighted by molar-refractivity contribution is 9.10. The first-order chi connectivity index (χ1) is 5.46. The molecule has 0 aliphatic rings. The smallest absolute Gasteiger partial charge is 0.0910 e. The summed E-state index contributed by atoms with van der Waals surface area (Å²) in [5, 5.41) is 14.1. The lowest BCUT2D eigenvalue weighted by molar-refractivity contribution is 0.00880. The summed E-state index contributed by atoms with van der Waals surface area (Å²) < 4.78 is 1.01. The lowest BCUT2D eigenvalue weighted by Gasteiger charge is -2.27. The minimum Gasteiger partial charge on any atom is -0.385 e. The molecule has 1 heterocycles. The quantitative estimate of drug-likeness (QED) is 0.851. The van der Waals surface area contributed by atoms with E-state index in [0.29, 0.717) is 0 Å². The molecule has 0 amide bonds. The number of halogens is 1. The molecule has 1 nitrogen and oxygen atoms in total. The Labute approximate surface area is 85.6 Å². The lowest BCUT2D eigenvalue weighted by Crippen LogP contribution is -2.27. The highest BCUT2D eigenvalue weighted by atomic mass is 79.9. The van der Waals surface area contributed by atoms with E-state index < -0.39 is 5.60 Å². The topological polar surface area (TPSA) is 20.2 Å². The summed E-state index contributed by atoms with van der Waals surface area (Å²) in [6.07, 6.45) is 0. The van der Waals surface area contributed by atoms with Gasteiger partial charge in [0.05, 0.1) is 5.60 Å². The van der Waals surface area contributed by atoms with Crippen LogP contribution in [0.3, 0.4) is 0 Å². The number of hydrogen-bond donors (Lipinski definition) is 1. The third-order valence-electron chi connectivity index (χ3n) is 2.28. The van der Waals surface area contributed by atoms with Crippen LogP contribution < -0.4 is 0 Å². The first-order valence-corrected chi connectivity index (χ1v) is 5.64. The Balaban J connectivity index is 3.05. The molecule has 0 aliphatic heterocycles. The molecule has 1 N–H and O–H groups in total. The van der Waals surface area contributed by atoms with Crippen LogP contribution in [0.25, 0.3) is 0 Å². The van der Waals surface area contributed by atoms with Crippen molar-refractivity contribution in [2.45, 2.75) is 26.4 Å². The minimum absolute atomic E-state index is 0.225. The van der Waals surface area contributed by atoms with Crippen LogP contribution >= 0.6 is 27.3 Å². The van der Waals surface area contributed by atoms with Crippen LogP contribution in [0.1, 0.15) is 26.3 Å². The summed E-state index contributed by atoms with van der Waals surface area (Å²) in [6, 6.07) is 0. The third-order valence-corrected chi connectivity index (χ3v) is 3.99. The average Bonchev–Trinajstić information content (AvgIpc) is 2.35. The van der Waals surface area contributed by atoms with E-state index in [4.69, 9.17) is 0 Å². The van der Waals surface area contributed by atoms with Crippen molar-refractivity contribution in [3.63, 3.8) is 0 Å². The maximum atomic E-state index is 10.1. The molecular formula is C9H13BrOS. The maximum absolute atomic E-state index is 10.1. The minimum atomic E-state index is -0.723. The summed E-state index contributed by atoms with van der Waals surface area (Å²) in [6.45, 7) is 5.89. The predicted octanol–water partition coefficient (Wildman–Crippen LogP) is 3.37. The van der Waals surface area contributed by atoms with Crippen LogP contribution in [0.4, 0.5) is 0 Å². The summed E-state index contributed by atoms with van der Waals surface area (Å²) in [5.74, 6) is 0.225. The summed E-state index contributed by atoms with van der Waals surface area (Å²) in [7, 11) is 0. The zero-order chi connectivity index (χ0) is 9.35. The molecule has 3 heteroatoms. The van der Waals surface area contributed by atoms with Crippen molar-refractivity contribution in [3.8, 4) is 0 Å². The average molecular weight is 249 g/mol. The van der Waals surface area contributed by atoms with Gasteiger partial charge in [0.1, 0.15) is 0 Å². The van der Waals surface area contributed by atoms with E-state index in [9.17, 15) is 5.11 Å². The fraction of sp³-hybridized carbons (Fsp3) is 0.556. The van der Waals surface area contributed by atoms with Crippen molar-refractivity contribution in [2.75, 3.05) is 0 Å². The van der Waals surface area contributed by atoms with Crippen molar-refractivity contribution in [1.29, 1.82) is 0 Å². The van der Waals surface area contributed by atoms with Crippen LogP contribution in [0, 0.1) is 5.92 Å². The Bertz CT molecular complexity index is 265. The first kappa shape index (κ1) is 10.2. The van der Waals surface area contributed by atoms with Gasteiger partial charge in [-0.05, 0) is 34.2 Å². The van der Waals surface area contributed by atoms with E-state index in [2.05, 4.69) is 15.9 Å². The number of aliphatic hydroxyl groups is 1. The molecule has 0 bridgehead atoms. The summed E-state index contributed by atoms with van der Waals surface area (Å²) in [4.78, 5) is 0. The Hall–Kier alpha value is 0.140. The highest BCUT2D eigenvalue weighted by Gasteiger charge is 2.29. The van der Waals surface area contributed by atoms with E-state index in [-0.39, 0.29) is 5.92 Å². The Morgan fingerprint density at radius 2 is 2.08 bits per heavy atom. The Morgan fingerprint density at radius 3 is 2.42 bits per heavy atom. The fourth-order valence-corrected chi connectivity index (χ4v) is 2.76. The van der Waals surface area contributed by atoms with E-state index in [1.165, 1.54) is 0 Å². The molecule has 0 fully saturated rings. The van der Waals surface area contributed by atoms with Gasteiger partial charge in [0.25, 0.3) is 0 Å². The van der Waals surface area contributed by atoms with Gasteiger partial charge in [0, 0.05) is 15.4 Å². The van der Waals surface area contributed by atoms with E-state index in [0.717, 1.165) is 10.0 Å². The highest BCUT2D eigenvalue weighted by Crippen LogP contribution is 2.36. The third kappa shape index (κ3) is 1.73. The monoisotopic (exact) mass is 248 g/mol. The number of hydrogen-bond acceptors (Lipinski definition) is 2. The van der Waals surface area contributed by atoms with Crippen LogP contribution in [0.2, 0.25) is 0 Å². The van der Waals surface area contributed by atoms with Crippen molar-refractivity contribution < 1.29 is 5.11 Å². The van der Waals surface area contributed by atoms with Gasteiger partial charge in [0.2, 0.25) is 0 Å². The molecule has 0 saturated carbocycles. The van der Waals surface area contributed by atoms with Crippen molar-refractivity contribution in [3.05, 3.63) is 20.8 Å². The fourth-order valence-electron chi connectivity index (χ4n) is 0.954. The van der Waals surface area contributed by atoms with Crippen molar-refractivity contribution >= 4 is 27.3 Å². The van der Waals surface area contributed by atoms with Gasteiger partial charge in [0.15, 0.2) is 0 Å². The predicted molar refractivity (Wildman–Crippen MR) is 56.4 cm³/mol. The molecule has 1 atom stereocenters. The number of thiophene rings is 1. The SMILES string of the molecule is CC(C)C(C)(O)c1cscc1Br. The largest absolute Gasteiger partial charge is 0.385 e. The molecule has 0 aliphatic carbocycles. The van der Waals surface area contributed by atoms with Crippen LogP contribution in [0.15, 0.2) is 15.2 Å². The molecule has 0 aromatic carbocycles. The molecule has 1 aromatic rings. The van der Waals surface area contributed by atoms with E-state index in [1.54, 1.807) is 11.3 Å². The zero-order valence-corrected chi connectivity index (χ0v) is 9.87. The van der Waals surface area contributed by atoms with Gasteiger partial charge in [-0.15, -0.1) is 0 Å². The molecule has 1 aromatic heterocycles. The second-order valence-electron chi connectivity index (χ2n) is 3.44. The molecular weight excluding hydrogens is 236 g/mol. The second-order valence-corrected chi connectivity index (χ2v) is 5.03. The summed E-state index contributed by atoms with van der Waals surface area (Å²) in [5.41, 5.74) is 0.265. The van der Waals surface area contributed by atoms with Crippen LogP contribution in [0.5, 0.6) is 0 Å². The van der Waals surface area contributed by atoms with Crippen LogP contribution in [-0.4, -0.2) is 5.11 Å². The molecule has 1 unspecified atom stereocenters. The summed E-state index contributed by atoms with van der Waals surface area (Å²) >= 11 is 5.02. The standard InChI is InChI=1S/C9H13BrOS/c1-6(2)9(3,11)7-4-12-5-8(7)10/h4-6,11H,1-3H3. The molecule has 0 radical (unpaired) electrons. The van der Waals surface area contributed by atoms with Gasteiger partial charge in [-0.1, -0.05) is 13.8 Å². The van der Waals surface area contributed by atoms with Gasteiger partial charge in [-0.2, -0.15) is 11.3 Å². The van der Waals surface area contributed by atoms with Gasteiger partial charge in [-0.25, -0.2) is 0 Å². The molecule has 0 spiro atoms. The normalized spacial score (nSPS) is 16.5.